The summed E-state index contributed by atoms with van der Waals surface area (Å²) < 4.78 is 10.5. The van der Waals surface area contributed by atoms with Crippen molar-refractivity contribution in [1.82, 2.24) is 10.1 Å². The van der Waals surface area contributed by atoms with Crippen molar-refractivity contribution in [3.63, 3.8) is 0 Å². The number of aromatic nitrogens is 1. The van der Waals surface area contributed by atoms with Gasteiger partial charge in [-0.1, -0.05) is 65.8 Å². The monoisotopic (exact) mass is 336 g/mol. The maximum absolute atomic E-state index is 12.8. The lowest BCUT2D eigenvalue weighted by atomic mass is 10.1. The highest BCUT2D eigenvalue weighted by Gasteiger charge is 2.20. The summed E-state index contributed by atoms with van der Waals surface area (Å²) in [5.74, 6) is 0.405. The number of hydrogen-bond acceptors (Lipinski definition) is 4. The summed E-state index contributed by atoms with van der Waals surface area (Å²) in [4.78, 5) is 14.6. The van der Waals surface area contributed by atoms with Crippen molar-refractivity contribution in [3.8, 4) is 11.3 Å². The molecule has 0 unspecified atom stereocenters. The summed E-state index contributed by atoms with van der Waals surface area (Å²) in [7, 11) is 1.62. The molecular weight excluding hydrogens is 316 g/mol. The molecule has 0 aliphatic rings. The Labute approximate surface area is 146 Å². The van der Waals surface area contributed by atoms with E-state index < -0.39 is 0 Å². The first kappa shape index (κ1) is 16.9. The fourth-order valence-corrected chi connectivity index (χ4v) is 2.53. The average molecular weight is 336 g/mol. The number of ether oxygens (including phenoxy) is 1. The van der Waals surface area contributed by atoms with Crippen molar-refractivity contribution < 1.29 is 14.1 Å². The smallest absolute Gasteiger partial charge is 0.276 e. The van der Waals surface area contributed by atoms with Crippen molar-refractivity contribution in [2.45, 2.75) is 6.54 Å². The minimum absolute atomic E-state index is 0.174. The maximum Gasteiger partial charge on any atom is 0.276 e. The van der Waals surface area contributed by atoms with E-state index in [-0.39, 0.29) is 5.91 Å². The van der Waals surface area contributed by atoms with Gasteiger partial charge in [-0.2, -0.15) is 0 Å². The van der Waals surface area contributed by atoms with Gasteiger partial charge in [-0.15, -0.1) is 0 Å². The van der Waals surface area contributed by atoms with Crippen LogP contribution in [-0.4, -0.2) is 36.2 Å². The summed E-state index contributed by atoms with van der Waals surface area (Å²) in [5.41, 5.74) is 2.24. The van der Waals surface area contributed by atoms with E-state index in [9.17, 15) is 4.79 Å². The summed E-state index contributed by atoms with van der Waals surface area (Å²) in [5, 5.41) is 3.96. The van der Waals surface area contributed by atoms with E-state index in [1.54, 1.807) is 18.1 Å². The van der Waals surface area contributed by atoms with E-state index in [1.165, 1.54) is 0 Å². The second-order valence-corrected chi connectivity index (χ2v) is 5.65. The van der Waals surface area contributed by atoms with Crippen molar-refractivity contribution >= 4 is 5.91 Å². The zero-order chi connectivity index (χ0) is 17.5. The van der Waals surface area contributed by atoms with Crippen LogP contribution in [-0.2, 0) is 11.3 Å². The highest BCUT2D eigenvalue weighted by Crippen LogP contribution is 2.21. The van der Waals surface area contributed by atoms with Gasteiger partial charge >= 0.3 is 0 Å². The van der Waals surface area contributed by atoms with Gasteiger partial charge in [0.25, 0.3) is 5.91 Å². The number of carbonyl (C=O) groups excluding carboxylic acids is 1. The molecule has 0 saturated heterocycles. The molecule has 0 spiro atoms. The normalized spacial score (nSPS) is 10.6. The van der Waals surface area contributed by atoms with E-state index >= 15 is 0 Å². The van der Waals surface area contributed by atoms with Gasteiger partial charge in [0.2, 0.25) is 0 Å². The van der Waals surface area contributed by atoms with E-state index in [2.05, 4.69) is 5.16 Å². The van der Waals surface area contributed by atoms with Crippen LogP contribution < -0.4 is 0 Å². The van der Waals surface area contributed by atoms with Gasteiger partial charge in [0.1, 0.15) is 0 Å². The molecule has 0 radical (unpaired) electrons. The molecule has 0 aliphatic carbocycles. The molecule has 5 heteroatoms. The zero-order valence-corrected chi connectivity index (χ0v) is 14.1. The number of methoxy groups -OCH3 is 1. The molecule has 0 N–H and O–H groups in total. The number of rotatable bonds is 7. The van der Waals surface area contributed by atoms with Crippen molar-refractivity contribution in [2.24, 2.45) is 0 Å². The number of amides is 1. The molecule has 3 aromatic rings. The van der Waals surface area contributed by atoms with E-state index in [0.717, 1.165) is 11.1 Å². The second-order valence-electron chi connectivity index (χ2n) is 5.65. The SMILES string of the molecule is COCCN(Cc1ccccc1)C(=O)c1cc(-c2ccccc2)on1. The van der Waals surface area contributed by atoms with Gasteiger partial charge in [0.15, 0.2) is 11.5 Å². The van der Waals surface area contributed by atoms with E-state index in [0.29, 0.717) is 31.2 Å². The van der Waals surface area contributed by atoms with Crippen LogP contribution >= 0.6 is 0 Å². The Kier molecular flexibility index (Phi) is 5.59. The Morgan fingerprint density at radius 3 is 2.44 bits per heavy atom. The van der Waals surface area contributed by atoms with Crippen molar-refractivity contribution in [1.29, 1.82) is 0 Å². The van der Waals surface area contributed by atoms with Gasteiger partial charge in [-0.25, -0.2) is 0 Å². The lowest BCUT2D eigenvalue weighted by Crippen LogP contribution is -2.33. The zero-order valence-electron chi connectivity index (χ0n) is 14.1. The third-order valence-electron chi connectivity index (χ3n) is 3.86. The van der Waals surface area contributed by atoms with Crippen LogP contribution in [0.1, 0.15) is 16.1 Å². The fraction of sp³-hybridized carbons (Fsp3) is 0.200. The molecule has 5 nitrogen and oxygen atoms in total. The summed E-state index contributed by atoms with van der Waals surface area (Å²) in [6, 6.07) is 21.1. The minimum atomic E-state index is -0.174. The van der Waals surface area contributed by atoms with Crippen LogP contribution in [0.3, 0.4) is 0 Å². The van der Waals surface area contributed by atoms with Crippen LogP contribution in [0.15, 0.2) is 71.3 Å². The Hall–Kier alpha value is -2.92. The van der Waals surface area contributed by atoms with Crippen LogP contribution in [0.25, 0.3) is 11.3 Å². The molecule has 25 heavy (non-hydrogen) atoms. The molecule has 1 heterocycles. The molecule has 128 valence electrons. The number of benzene rings is 2. The molecule has 0 atom stereocenters. The quantitative estimate of drug-likeness (QED) is 0.661. The van der Waals surface area contributed by atoms with Crippen molar-refractivity contribution in [3.05, 3.63) is 78.0 Å². The summed E-state index contributed by atoms with van der Waals surface area (Å²) in [6.07, 6.45) is 0. The first-order chi connectivity index (χ1) is 12.3. The van der Waals surface area contributed by atoms with E-state index in [4.69, 9.17) is 9.26 Å². The highest BCUT2D eigenvalue weighted by atomic mass is 16.5. The Morgan fingerprint density at radius 2 is 1.76 bits per heavy atom. The molecule has 0 saturated carbocycles. The molecule has 0 bridgehead atoms. The lowest BCUT2D eigenvalue weighted by molar-refractivity contribution is 0.0670. The molecular formula is C20H20N2O3. The van der Waals surface area contributed by atoms with Crippen LogP contribution in [0.5, 0.6) is 0 Å². The van der Waals surface area contributed by atoms with Gasteiger partial charge in [0.05, 0.1) is 6.61 Å². The van der Waals surface area contributed by atoms with Gasteiger partial charge in [-0.05, 0) is 5.56 Å². The lowest BCUT2D eigenvalue weighted by Gasteiger charge is -2.21. The predicted molar refractivity (Wildman–Crippen MR) is 95.0 cm³/mol. The van der Waals surface area contributed by atoms with Gasteiger partial charge in [-0.3, -0.25) is 4.79 Å². The number of hydrogen-bond donors (Lipinski definition) is 0. The summed E-state index contributed by atoms with van der Waals surface area (Å²) >= 11 is 0. The predicted octanol–water partition coefficient (Wildman–Crippen LogP) is 3.63. The topological polar surface area (TPSA) is 55.6 Å². The number of carbonyl (C=O) groups is 1. The molecule has 3 rings (SSSR count). The molecule has 0 fully saturated rings. The molecule has 1 amide bonds. The Balaban J connectivity index is 1.78. The average Bonchev–Trinajstić information content (AvgIpc) is 3.16. The standard InChI is InChI=1S/C20H20N2O3/c1-24-13-12-22(15-16-8-4-2-5-9-16)20(23)18-14-19(25-21-18)17-10-6-3-7-11-17/h2-11,14H,12-13,15H2,1H3. The first-order valence-electron chi connectivity index (χ1n) is 8.12. The molecule has 1 aromatic heterocycles. The maximum atomic E-state index is 12.8. The fourth-order valence-electron chi connectivity index (χ4n) is 2.53. The molecule has 0 aliphatic heterocycles. The Morgan fingerprint density at radius 1 is 1.08 bits per heavy atom. The first-order valence-corrected chi connectivity index (χ1v) is 8.12. The highest BCUT2D eigenvalue weighted by molar-refractivity contribution is 5.93. The van der Waals surface area contributed by atoms with Crippen LogP contribution in [0, 0.1) is 0 Å². The van der Waals surface area contributed by atoms with Crippen LogP contribution in [0.4, 0.5) is 0 Å². The Bertz CT molecular complexity index is 800. The largest absolute Gasteiger partial charge is 0.383 e. The third-order valence-corrected chi connectivity index (χ3v) is 3.86. The van der Waals surface area contributed by atoms with Gasteiger partial charge < -0.3 is 14.2 Å². The minimum Gasteiger partial charge on any atom is -0.383 e. The third kappa shape index (κ3) is 4.33. The second kappa shape index (κ2) is 8.26. The van der Waals surface area contributed by atoms with E-state index in [1.807, 2.05) is 60.7 Å². The van der Waals surface area contributed by atoms with Crippen molar-refractivity contribution in [2.75, 3.05) is 20.3 Å². The van der Waals surface area contributed by atoms with Crippen LogP contribution in [0.2, 0.25) is 0 Å². The number of nitrogens with zero attached hydrogens (tertiary/aromatic N) is 2. The van der Waals surface area contributed by atoms with Gasteiger partial charge in [0, 0.05) is 31.8 Å². The summed E-state index contributed by atoms with van der Waals surface area (Å²) in [6.45, 7) is 1.44. The molecule has 2 aromatic carbocycles.